The standard InChI is InChI=1S/C9H12N2OS/c1-6-5-11(7(2)12)9-8(10-6)3-4-13-9/h3-4,6,10H,5H2,1-2H3/t6-/m1/s1. The normalized spacial score (nSPS) is 20.8. The van der Waals surface area contributed by atoms with E-state index in [2.05, 4.69) is 12.2 Å². The van der Waals surface area contributed by atoms with Crippen molar-refractivity contribution in [1.82, 2.24) is 0 Å². The van der Waals surface area contributed by atoms with Crippen LogP contribution in [-0.2, 0) is 4.79 Å². The van der Waals surface area contributed by atoms with Gasteiger partial charge < -0.3 is 10.2 Å². The molecule has 13 heavy (non-hydrogen) atoms. The molecule has 0 saturated heterocycles. The Kier molecular flexibility index (Phi) is 2.00. The highest BCUT2D eigenvalue weighted by atomic mass is 32.1. The van der Waals surface area contributed by atoms with Crippen LogP contribution in [0.2, 0.25) is 0 Å². The number of hydrogen-bond donors (Lipinski definition) is 1. The van der Waals surface area contributed by atoms with Crippen molar-refractivity contribution in [3.8, 4) is 0 Å². The SMILES string of the molecule is CC(=O)N1C[C@@H](C)Nc2ccsc21. The van der Waals surface area contributed by atoms with Gasteiger partial charge in [0.15, 0.2) is 0 Å². The van der Waals surface area contributed by atoms with Gasteiger partial charge in [0.25, 0.3) is 0 Å². The van der Waals surface area contributed by atoms with Crippen molar-refractivity contribution < 1.29 is 4.79 Å². The zero-order valence-corrected chi connectivity index (χ0v) is 8.52. The molecule has 1 atom stereocenters. The average Bonchev–Trinajstić information content (AvgIpc) is 2.49. The number of rotatable bonds is 0. The number of carbonyl (C=O) groups excluding carboxylic acids is 1. The largest absolute Gasteiger partial charge is 0.378 e. The van der Waals surface area contributed by atoms with E-state index >= 15 is 0 Å². The van der Waals surface area contributed by atoms with Gasteiger partial charge in [0, 0.05) is 19.5 Å². The van der Waals surface area contributed by atoms with Gasteiger partial charge in [0.2, 0.25) is 5.91 Å². The number of nitrogens with one attached hydrogen (secondary N) is 1. The molecule has 1 amide bonds. The summed E-state index contributed by atoms with van der Waals surface area (Å²) in [6, 6.07) is 2.36. The molecule has 0 unspecified atom stereocenters. The lowest BCUT2D eigenvalue weighted by Crippen LogP contribution is -2.41. The molecule has 0 radical (unpaired) electrons. The summed E-state index contributed by atoms with van der Waals surface area (Å²) >= 11 is 1.61. The lowest BCUT2D eigenvalue weighted by Gasteiger charge is -2.31. The minimum atomic E-state index is 0.122. The van der Waals surface area contributed by atoms with Crippen LogP contribution in [0.3, 0.4) is 0 Å². The number of amides is 1. The summed E-state index contributed by atoms with van der Waals surface area (Å²) in [5, 5.41) is 6.39. The van der Waals surface area contributed by atoms with E-state index in [1.807, 2.05) is 16.3 Å². The number of hydrogen-bond acceptors (Lipinski definition) is 3. The maximum Gasteiger partial charge on any atom is 0.224 e. The molecule has 0 fully saturated rings. The molecule has 1 N–H and O–H groups in total. The number of fused-ring (bicyclic) bond motifs is 1. The maximum absolute atomic E-state index is 11.3. The Morgan fingerprint density at radius 3 is 3.23 bits per heavy atom. The van der Waals surface area contributed by atoms with E-state index in [0.717, 1.165) is 17.2 Å². The van der Waals surface area contributed by atoms with Gasteiger partial charge in [-0.05, 0) is 18.4 Å². The Morgan fingerprint density at radius 2 is 2.54 bits per heavy atom. The fraction of sp³-hybridized carbons (Fsp3) is 0.444. The second-order valence-corrected chi connectivity index (χ2v) is 4.21. The van der Waals surface area contributed by atoms with Gasteiger partial charge in [-0.25, -0.2) is 0 Å². The molecule has 0 saturated carbocycles. The number of thiophene rings is 1. The van der Waals surface area contributed by atoms with E-state index in [4.69, 9.17) is 0 Å². The number of anilines is 2. The summed E-state index contributed by atoms with van der Waals surface area (Å²) in [5.41, 5.74) is 1.08. The van der Waals surface area contributed by atoms with E-state index in [1.54, 1.807) is 18.3 Å². The first-order valence-electron chi connectivity index (χ1n) is 4.30. The van der Waals surface area contributed by atoms with Gasteiger partial charge in [-0.15, -0.1) is 11.3 Å². The molecule has 3 nitrogen and oxygen atoms in total. The van der Waals surface area contributed by atoms with Crippen molar-refractivity contribution in [2.45, 2.75) is 19.9 Å². The van der Waals surface area contributed by atoms with Crippen LogP contribution >= 0.6 is 11.3 Å². The lowest BCUT2D eigenvalue weighted by molar-refractivity contribution is -0.116. The van der Waals surface area contributed by atoms with E-state index in [0.29, 0.717) is 6.04 Å². The summed E-state index contributed by atoms with van der Waals surface area (Å²) in [4.78, 5) is 13.1. The smallest absolute Gasteiger partial charge is 0.224 e. The second kappa shape index (κ2) is 3.03. The third-order valence-electron chi connectivity index (χ3n) is 2.13. The van der Waals surface area contributed by atoms with Crippen LogP contribution < -0.4 is 10.2 Å². The highest BCUT2D eigenvalue weighted by molar-refractivity contribution is 7.15. The summed E-state index contributed by atoms with van der Waals surface area (Å²) in [5.74, 6) is 0.122. The summed E-state index contributed by atoms with van der Waals surface area (Å²) < 4.78 is 0. The molecule has 2 heterocycles. The third-order valence-corrected chi connectivity index (χ3v) is 3.06. The van der Waals surface area contributed by atoms with Crippen molar-refractivity contribution in [1.29, 1.82) is 0 Å². The van der Waals surface area contributed by atoms with Crippen LogP contribution in [0.15, 0.2) is 11.4 Å². The first kappa shape index (κ1) is 8.56. The predicted octanol–water partition coefficient (Wildman–Crippen LogP) is 1.91. The molecule has 70 valence electrons. The van der Waals surface area contributed by atoms with Gasteiger partial charge in [-0.3, -0.25) is 4.79 Å². The van der Waals surface area contributed by atoms with E-state index in [-0.39, 0.29) is 5.91 Å². The van der Waals surface area contributed by atoms with Gasteiger partial charge in [-0.2, -0.15) is 0 Å². The highest BCUT2D eigenvalue weighted by Gasteiger charge is 2.24. The molecule has 1 aromatic heterocycles. The first-order valence-corrected chi connectivity index (χ1v) is 5.18. The van der Waals surface area contributed by atoms with Gasteiger partial charge in [0.05, 0.1) is 5.69 Å². The molecule has 0 spiro atoms. The van der Waals surface area contributed by atoms with E-state index in [1.165, 1.54) is 0 Å². The quantitative estimate of drug-likeness (QED) is 0.687. The van der Waals surface area contributed by atoms with Crippen LogP contribution in [0, 0.1) is 0 Å². The van der Waals surface area contributed by atoms with Gasteiger partial charge in [0.1, 0.15) is 5.00 Å². The van der Waals surface area contributed by atoms with E-state index < -0.39 is 0 Å². The molecule has 1 aliphatic heterocycles. The van der Waals surface area contributed by atoms with Crippen molar-refractivity contribution in [3.05, 3.63) is 11.4 Å². The van der Waals surface area contributed by atoms with E-state index in [9.17, 15) is 4.79 Å². The molecule has 4 heteroatoms. The first-order chi connectivity index (χ1) is 6.18. The molecule has 0 aromatic carbocycles. The molecule has 2 rings (SSSR count). The lowest BCUT2D eigenvalue weighted by atomic mass is 10.2. The van der Waals surface area contributed by atoms with Gasteiger partial charge in [-0.1, -0.05) is 0 Å². The van der Waals surface area contributed by atoms with Crippen LogP contribution in [0.1, 0.15) is 13.8 Å². The predicted molar refractivity (Wildman–Crippen MR) is 55.4 cm³/mol. The molecular weight excluding hydrogens is 184 g/mol. The van der Waals surface area contributed by atoms with Crippen molar-refractivity contribution in [3.63, 3.8) is 0 Å². The van der Waals surface area contributed by atoms with Crippen LogP contribution in [0.25, 0.3) is 0 Å². The Hall–Kier alpha value is -1.03. The molecule has 0 bridgehead atoms. The Labute approximate surface area is 81.4 Å². The van der Waals surface area contributed by atoms with Crippen LogP contribution in [0.4, 0.5) is 10.7 Å². The summed E-state index contributed by atoms with van der Waals surface area (Å²) in [6.07, 6.45) is 0. The highest BCUT2D eigenvalue weighted by Crippen LogP contribution is 2.36. The Bertz CT molecular complexity index is 334. The Morgan fingerprint density at radius 1 is 1.77 bits per heavy atom. The Balaban J connectivity index is 2.38. The molecular formula is C9H12N2OS. The topological polar surface area (TPSA) is 32.3 Å². The van der Waals surface area contributed by atoms with Gasteiger partial charge >= 0.3 is 0 Å². The zero-order chi connectivity index (χ0) is 9.42. The number of carbonyl (C=O) groups is 1. The molecule has 1 aliphatic rings. The number of nitrogens with zero attached hydrogens (tertiary/aromatic N) is 1. The minimum Gasteiger partial charge on any atom is -0.378 e. The van der Waals surface area contributed by atoms with Crippen molar-refractivity contribution in [2.75, 3.05) is 16.8 Å². The van der Waals surface area contributed by atoms with Crippen LogP contribution in [0.5, 0.6) is 0 Å². The van der Waals surface area contributed by atoms with Crippen molar-refractivity contribution >= 4 is 27.9 Å². The molecule has 0 aliphatic carbocycles. The van der Waals surface area contributed by atoms with Crippen LogP contribution in [-0.4, -0.2) is 18.5 Å². The fourth-order valence-corrected chi connectivity index (χ4v) is 2.48. The fourth-order valence-electron chi connectivity index (χ4n) is 1.56. The zero-order valence-electron chi connectivity index (χ0n) is 7.70. The minimum absolute atomic E-state index is 0.122. The maximum atomic E-state index is 11.3. The summed E-state index contributed by atoms with van der Waals surface area (Å²) in [6.45, 7) is 4.46. The van der Waals surface area contributed by atoms with Crippen molar-refractivity contribution in [2.24, 2.45) is 0 Å². The third kappa shape index (κ3) is 1.42. The average molecular weight is 196 g/mol. The molecule has 1 aromatic rings. The second-order valence-electron chi connectivity index (χ2n) is 3.31. The monoisotopic (exact) mass is 196 g/mol. The summed E-state index contributed by atoms with van der Waals surface area (Å²) in [7, 11) is 0.